The van der Waals surface area contributed by atoms with Gasteiger partial charge in [0.25, 0.3) is 5.91 Å². The average Bonchev–Trinajstić information content (AvgIpc) is 3.33. The maximum absolute atomic E-state index is 12.6. The molecule has 2 amide bonds. The molecule has 2 aromatic carbocycles. The number of hydrogen-bond donors (Lipinski definition) is 1. The van der Waals surface area contributed by atoms with Crippen LogP contribution in [0.2, 0.25) is 0 Å². The molecule has 0 bridgehead atoms. The van der Waals surface area contributed by atoms with Crippen LogP contribution in [0.1, 0.15) is 54.1 Å². The zero-order valence-corrected chi connectivity index (χ0v) is 18.2. The highest BCUT2D eigenvalue weighted by Gasteiger charge is 2.20. The van der Waals surface area contributed by atoms with Crippen molar-refractivity contribution in [1.82, 2.24) is 10.2 Å². The van der Waals surface area contributed by atoms with Crippen LogP contribution in [-0.2, 0) is 4.79 Å². The monoisotopic (exact) mass is 418 g/mol. The molecule has 3 rings (SSSR count). The Morgan fingerprint density at radius 1 is 0.935 bits per heavy atom. The third-order valence-electron chi connectivity index (χ3n) is 5.39. The molecule has 1 heterocycles. The number of carbonyl (C=O) groups is 2. The molecule has 0 aliphatic rings. The normalized spacial score (nSPS) is 11.0. The summed E-state index contributed by atoms with van der Waals surface area (Å²) in [6.45, 7) is 4.83. The van der Waals surface area contributed by atoms with Gasteiger partial charge in [0.2, 0.25) is 5.91 Å². The van der Waals surface area contributed by atoms with Crippen LogP contribution >= 0.6 is 0 Å². The maximum Gasteiger partial charge on any atom is 0.257 e. The van der Waals surface area contributed by atoms with E-state index in [-0.39, 0.29) is 30.2 Å². The molecule has 0 aliphatic carbocycles. The summed E-state index contributed by atoms with van der Waals surface area (Å²) in [5.41, 5.74) is 2.97. The minimum absolute atomic E-state index is 0.00394. The van der Waals surface area contributed by atoms with Gasteiger partial charge in [-0.1, -0.05) is 60.7 Å². The summed E-state index contributed by atoms with van der Waals surface area (Å²) in [7, 11) is 0. The fourth-order valence-electron chi connectivity index (χ4n) is 3.71. The molecule has 0 radical (unpaired) electrons. The second kappa shape index (κ2) is 11.2. The molecular weight excluding hydrogens is 388 g/mol. The Kier molecular flexibility index (Phi) is 8.05. The molecule has 5 nitrogen and oxygen atoms in total. The van der Waals surface area contributed by atoms with Gasteiger partial charge in [-0.05, 0) is 37.5 Å². The Labute approximate surface area is 184 Å². The summed E-state index contributed by atoms with van der Waals surface area (Å²) in [6, 6.07) is 22.3. The number of furan rings is 1. The highest BCUT2D eigenvalue weighted by Crippen LogP contribution is 2.27. The minimum Gasteiger partial charge on any atom is -0.472 e. The van der Waals surface area contributed by atoms with Crippen molar-refractivity contribution in [2.75, 3.05) is 13.1 Å². The standard InChI is InChI=1S/C26H30N2O3/c1-20(2)28(26(30)23-15-18-31-19-23)17-14-25(29)27-16-13-24(21-9-5-3-6-10-21)22-11-7-4-8-12-22/h3-12,15,18-20,24H,13-14,16-17H2,1-2H3,(H,27,29). The molecule has 0 spiro atoms. The van der Waals surface area contributed by atoms with E-state index >= 15 is 0 Å². The van der Waals surface area contributed by atoms with Gasteiger partial charge in [0.15, 0.2) is 0 Å². The van der Waals surface area contributed by atoms with Crippen molar-refractivity contribution < 1.29 is 14.0 Å². The summed E-state index contributed by atoms with van der Waals surface area (Å²) in [5, 5.41) is 3.03. The average molecular weight is 419 g/mol. The first-order valence-electron chi connectivity index (χ1n) is 10.8. The summed E-state index contributed by atoms with van der Waals surface area (Å²) < 4.78 is 5.01. The molecule has 0 aliphatic heterocycles. The Hall–Kier alpha value is -3.34. The molecule has 0 unspecified atom stereocenters. The van der Waals surface area contributed by atoms with Crippen molar-refractivity contribution in [3.63, 3.8) is 0 Å². The first kappa shape index (κ1) is 22.3. The highest BCUT2D eigenvalue weighted by atomic mass is 16.3. The molecule has 1 aromatic heterocycles. The van der Waals surface area contributed by atoms with Gasteiger partial charge in [0, 0.05) is 31.5 Å². The molecule has 0 saturated carbocycles. The predicted octanol–water partition coefficient (Wildman–Crippen LogP) is 4.86. The smallest absolute Gasteiger partial charge is 0.257 e. The first-order valence-corrected chi connectivity index (χ1v) is 10.8. The van der Waals surface area contributed by atoms with Gasteiger partial charge in [-0.15, -0.1) is 0 Å². The summed E-state index contributed by atoms with van der Waals surface area (Å²) in [5.74, 6) is 0.0489. The van der Waals surface area contributed by atoms with Crippen molar-refractivity contribution in [3.05, 3.63) is 95.9 Å². The van der Waals surface area contributed by atoms with E-state index in [0.29, 0.717) is 18.7 Å². The van der Waals surface area contributed by atoms with E-state index in [1.807, 2.05) is 50.2 Å². The third-order valence-corrected chi connectivity index (χ3v) is 5.39. The zero-order valence-electron chi connectivity index (χ0n) is 18.2. The number of hydrogen-bond acceptors (Lipinski definition) is 3. The van der Waals surface area contributed by atoms with Crippen LogP contribution < -0.4 is 5.32 Å². The fourth-order valence-corrected chi connectivity index (χ4v) is 3.71. The summed E-state index contributed by atoms with van der Waals surface area (Å²) >= 11 is 0. The second-order valence-electron chi connectivity index (χ2n) is 7.87. The topological polar surface area (TPSA) is 62.6 Å². The lowest BCUT2D eigenvalue weighted by molar-refractivity contribution is -0.121. The van der Waals surface area contributed by atoms with Crippen LogP contribution in [0.5, 0.6) is 0 Å². The lowest BCUT2D eigenvalue weighted by atomic mass is 9.88. The number of amides is 2. The van der Waals surface area contributed by atoms with Crippen molar-refractivity contribution in [3.8, 4) is 0 Å². The largest absolute Gasteiger partial charge is 0.472 e. The van der Waals surface area contributed by atoms with Crippen LogP contribution in [0.15, 0.2) is 83.7 Å². The number of rotatable bonds is 10. The Bertz CT molecular complexity index is 898. The van der Waals surface area contributed by atoms with Crippen LogP contribution in [0.25, 0.3) is 0 Å². The van der Waals surface area contributed by atoms with Gasteiger partial charge in [-0.3, -0.25) is 9.59 Å². The molecule has 1 N–H and O–H groups in total. The molecular formula is C26H30N2O3. The van der Waals surface area contributed by atoms with E-state index in [2.05, 4.69) is 29.6 Å². The number of nitrogens with zero attached hydrogens (tertiary/aromatic N) is 1. The Morgan fingerprint density at radius 3 is 2.06 bits per heavy atom. The first-order chi connectivity index (χ1) is 15.1. The van der Waals surface area contributed by atoms with Crippen LogP contribution in [0.3, 0.4) is 0 Å². The van der Waals surface area contributed by atoms with Crippen molar-refractivity contribution >= 4 is 11.8 Å². The fraction of sp³-hybridized carbons (Fsp3) is 0.308. The molecule has 0 atom stereocenters. The Morgan fingerprint density at radius 2 is 1.55 bits per heavy atom. The van der Waals surface area contributed by atoms with E-state index in [1.165, 1.54) is 23.7 Å². The third kappa shape index (κ3) is 6.32. The highest BCUT2D eigenvalue weighted by molar-refractivity contribution is 5.94. The molecule has 162 valence electrons. The SMILES string of the molecule is CC(C)N(CCC(=O)NCCC(c1ccccc1)c1ccccc1)C(=O)c1ccoc1. The predicted molar refractivity (Wildman–Crippen MR) is 122 cm³/mol. The van der Waals surface area contributed by atoms with Crippen molar-refractivity contribution in [2.45, 2.75) is 38.6 Å². The van der Waals surface area contributed by atoms with E-state index < -0.39 is 0 Å². The number of benzene rings is 2. The van der Waals surface area contributed by atoms with E-state index in [9.17, 15) is 9.59 Å². The van der Waals surface area contributed by atoms with Gasteiger partial charge in [-0.2, -0.15) is 0 Å². The molecule has 0 fully saturated rings. The van der Waals surface area contributed by atoms with Crippen molar-refractivity contribution in [1.29, 1.82) is 0 Å². The van der Waals surface area contributed by atoms with Crippen LogP contribution in [-0.4, -0.2) is 35.8 Å². The number of carbonyl (C=O) groups excluding carboxylic acids is 2. The molecule has 31 heavy (non-hydrogen) atoms. The van der Waals surface area contributed by atoms with E-state index in [0.717, 1.165) is 6.42 Å². The van der Waals surface area contributed by atoms with Gasteiger partial charge in [0.05, 0.1) is 11.8 Å². The summed E-state index contributed by atoms with van der Waals surface area (Å²) in [6.07, 6.45) is 3.99. The minimum atomic E-state index is -0.121. The van der Waals surface area contributed by atoms with Crippen molar-refractivity contribution in [2.24, 2.45) is 0 Å². The lowest BCUT2D eigenvalue weighted by Crippen LogP contribution is -2.39. The quantitative estimate of drug-likeness (QED) is 0.511. The lowest BCUT2D eigenvalue weighted by Gasteiger charge is -2.26. The van der Waals surface area contributed by atoms with Gasteiger partial charge in [0.1, 0.15) is 6.26 Å². The maximum atomic E-state index is 12.6. The van der Waals surface area contributed by atoms with E-state index in [4.69, 9.17) is 4.42 Å². The van der Waals surface area contributed by atoms with E-state index in [1.54, 1.807) is 11.0 Å². The van der Waals surface area contributed by atoms with Crippen LogP contribution in [0.4, 0.5) is 0 Å². The number of nitrogens with one attached hydrogen (secondary N) is 1. The molecule has 0 saturated heterocycles. The zero-order chi connectivity index (χ0) is 22.1. The van der Waals surface area contributed by atoms with Gasteiger partial charge < -0.3 is 14.6 Å². The summed E-state index contributed by atoms with van der Waals surface area (Å²) in [4.78, 5) is 26.8. The molecule has 5 heteroatoms. The van der Waals surface area contributed by atoms with Gasteiger partial charge in [-0.25, -0.2) is 0 Å². The van der Waals surface area contributed by atoms with Gasteiger partial charge >= 0.3 is 0 Å². The molecule has 3 aromatic rings. The second-order valence-corrected chi connectivity index (χ2v) is 7.87. The van der Waals surface area contributed by atoms with Crippen LogP contribution in [0, 0.1) is 0 Å². The Balaban J connectivity index is 1.53.